The Balaban J connectivity index is 2.99. The van der Waals surface area contributed by atoms with E-state index in [2.05, 4.69) is 23.5 Å². The van der Waals surface area contributed by atoms with Crippen molar-refractivity contribution in [3.8, 4) is 0 Å². The van der Waals surface area contributed by atoms with Crippen LogP contribution in [0.5, 0.6) is 0 Å². The zero-order chi connectivity index (χ0) is 15.1. The lowest BCUT2D eigenvalue weighted by Gasteiger charge is -2.08. The molecule has 0 spiro atoms. The Morgan fingerprint density at radius 1 is 1.60 bits per heavy atom. The van der Waals surface area contributed by atoms with Crippen molar-refractivity contribution in [2.45, 2.75) is 40.2 Å². The Hall–Kier alpha value is -2.11. The van der Waals surface area contributed by atoms with Crippen LogP contribution in [0.4, 0.5) is 0 Å². The van der Waals surface area contributed by atoms with Gasteiger partial charge in [-0.2, -0.15) is 0 Å². The van der Waals surface area contributed by atoms with Gasteiger partial charge in [0.2, 0.25) is 5.90 Å². The molecule has 20 heavy (non-hydrogen) atoms. The molecular weight excluding hydrogens is 258 g/mol. The zero-order valence-electron chi connectivity index (χ0n) is 12.2. The van der Waals surface area contributed by atoms with E-state index in [1.807, 2.05) is 0 Å². The SMILES string of the molecule is C=C(C)/N=C(/OCCCC)c1ncn(CC(=O)O)c1C. The van der Waals surface area contributed by atoms with E-state index in [0.717, 1.165) is 12.8 Å². The number of allylic oxidation sites excluding steroid dienone is 1. The number of carboxylic acids is 1. The van der Waals surface area contributed by atoms with Crippen molar-refractivity contribution in [2.75, 3.05) is 6.61 Å². The van der Waals surface area contributed by atoms with Gasteiger partial charge < -0.3 is 14.4 Å². The van der Waals surface area contributed by atoms with E-state index in [9.17, 15) is 4.79 Å². The van der Waals surface area contributed by atoms with Crippen LogP contribution in [0.3, 0.4) is 0 Å². The van der Waals surface area contributed by atoms with Crippen LogP contribution < -0.4 is 0 Å². The van der Waals surface area contributed by atoms with E-state index in [1.165, 1.54) is 6.33 Å². The molecular formula is C14H21N3O3. The van der Waals surface area contributed by atoms with Crippen LogP contribution in [0.15, 0.2) is 23.6 Å². The molecule has 0 aliphatic heterocycles. The van der Waals surface area contributed by atoms with Crippen molar-refractivity contribution in [1.29, 1.82) is 0 Å². The summed E-state index contributed by atoms with van der Waals surface area (Å²) in [6.07, 6.45) is 3.42. The predicted molar refractivity (Wildman–Crippen MR) is 76.8 cm³/mol. The molecule has 0 aliphatic rings. The summed E-state index contributed by atoms with van der Waals surface area (Å²) in [6.45, 7) is 9.80. The first-order valence-corrected chi connectivity index (χ1v) is 6.56. The summed E-state index contributed by atoms with van der Waals surface area (Å²) in [6, 6.07) is 0. The largest absolute Gasteiger partial charge is 0.480 e. The quantitative estimate of drug-likeness (QED) is 0.472. The van der Waals surface area contributed by atoms with E-state index >= 15 is 0 Å². The lowest BCUT2D eigenvalue weighted by Crippen LogP contribution is -2.13. The molecule has 0 saturated heterocycles. The molecule has 0 unspecified atom stereocenters. The standard InChI is InChI=1S/C14H21N3O3/c1-5-6-7-20-14(16-10(2)3)13-11(4)17(9-15-13)8-12(18)19/h9H,2,5-8H2,1,3-4H3,(H,18,19)/b16-14+. The van der Waals surface area contributed by atoms with Gasteiger partial charge >= 0.3 is 5.97 Å². The van der Waals surface area contributed by atoms with Crippen LogP contribution in [0.25, 0.3) is 0 Å². The summed E-state index contributed by atoms with van der Waals surface area (Å²) in [5.41, 5.74) is 1.89. The minimum atomic E-state index is -0.914. The number of carboxylic acid groups (broad SMARTS) is 1. The van der Waals surface area contributed by atoms with Gasteiger partial charge in [0.05, 0.1) is 12.9 Å². The lowest BCUT2D eigenvalue weighted by molar-refractivity contribution is -0.137. The summed E-state index contributed by atoms with van der Waals surface area (Å²) < 4.78 is 7.19. The van der Waals surface area contributed by atoms with E-state index in [-0.39, 0.29) is 6.54 Å². The minimum Gasteiger partial charge on any atom is -0.480 e. The molecule has 110 valence electrons. The fourth-order valence-electron chi connectivity index (χ4n) is 1.60. The van der Waals surface area contributed by atoms with Crippen LogP contribution in [-0.4, -0.2) is 33.1 Å². The first-order chi connectivity index (χ1) is 9.45. The van der Waals surface area contributed by atoms with Crippen LogP contribution in [0.1, 0.15) is 38.1 Å². The first-order valence-electron chi connectivity index (χ1n) is 6.56. The summed E-state index contributed by atoms with van der Waals surface area (Å²) in [5.74, 6) is -0.519. The van der Waals surface area contributed by atoms with Crippen molar-refractivity contribution < 1.29 is 14.6 Å². The van der Waals surface area contributed by atoms with Crippen LogP contribution in [0, 0.1) is 6.92 Å². The van der Waals surface area contributed by atoms with Crippen LogP contribution in [0.2, 0.25) is 0 Å². The molecule has 1 heterocycles. The molecule has 0 aromatic carbocycles. The van der Waals surface area contributed by atoms with Crippen LogP contribution in [-0.2, 0) is 16.1 Å². The summed E-state index contributed by atoms with van der Waals surface area (Å²) in [5, 5.41) is 8.83. The predicted octanol–water partition coefficient (Wildman–Crippen LogP) is 2.37. The smallest absolute Gasteiger partial charge is 0.323 e. The fourth-order valence-corrected chi connectivity index (χ4v) is 1.60. The highest BCUT2D eigenvalue weighted by atomic mass is 16.5. The van der Waals surface area contributed by atoms with Crippen molar-refractivity contribution in [2.24, 2.45) is 4.99 Å². The van der Waals surface area contributed by atoms with Crippen molar-refractivity contribution in [1.82, 2.24) is 9.55 Å². The summed E-state index contributed by atoms with van der Waals surface area (Å²) in [4.78, 5) is 19.2. The maximum absolute atomic E-state index is 10.8. The second-order valence-corrected chi connectivity index (χ2v) is 4.55. The van der Waals surface area contributed by atoms with E-state index in [4.69, 9.17) is 9.84 Å². The molecule has 0 saturated carbocycles. The van der Waals surface area contributed by atoms with Gasteiger partial charge in [0, 0.05) is 11.4 Å². The normalized spacial score (nSPS) is 11.4. The number of imidazole rings is 1. The van der Waals surface area contributed by atoms with E-state index in [1.54, 1.807) is 18.4 Å². The molecule has 1 N–H and O–H groups in total. The number of aliphatic imine (C=N–C) groups is 1. The van der Waals surface area contributed by atoms with Gasteiger partial charge in [-0.3, -0.25) is 4.79 Å². The maximum Gasteiger partial charge on any atom is 0.323 e. The second kappa shape index (κ2) is 7.47. The van der Waals surface area contributed by atoms with Crippen molar-refractivity contribution in [3.05, 3.63) is 30.0 Å². The highest BCUT2D eigenvalue weighted by Crippen LogP contribution is 2.11. The number of aromatic nitrogens is 2. The molecule has 1 rings (SSSR count). The topological polar surface area (TPSA) is 76.7 Å². The Morgan fingerprint density at radius 3 is 2.85 bits per heavy atom. The van der Waals surface area contributed by atoms with Gasteiger partial charge in [-0.25, -0.2) is 9.98 Å². The molecule has 6 heteroatoms. The Labute approximate surface area is 118 Å². The van der Waals surface area contributed by atoms with E-state index in [0.29, 0.717) is 29.6 Å². The highest BCUT2D eigenvalue weighted by Gasteiger charge is 2.15. The first kappa shape index (κ1) is 15.9. The van der Waals surface area contributed by atoms with Crippen LogP contribution >= 0.6 is 0 Å². The third-order valence-corrected chi connectivity index (χ3v) is 2.64. The Kier molecular flexibility index (Phi) is 5.96. The fraction of sp³-hybridized carbons (Fsp3) is 0.500. The number of rotatable bonds is 7. The summed E-state index contributed by atoms with van der Waals surface area (Å²) in [7, 11) is 0. The van der Waals surface area contributed by atoms with Gasteiger partial charge in [0.15, 0.2) is 0 Å². The number of nitrogens with zero attached hydrogens (tertiary/aromatic N) is 3. The number of hydrogen-bond acceptors (Lipinski definition) is 4. The Bertz CT molecular complexity index is 518. The Morgan fingerprint density at radius 2 is 2.30 bits per heavy atom. The van der Waals surface area contributed by atoms with Crippen molar-refractivity contribution >= 4 is 11.9 Å². The zero-order valence-corrected chi connectivity index (χ0v) is 12.2. The molecule has 0 atom stereocenters. The van der Waals surface area contributed by atoms with Crippen molar-refractivity contribution in [3.63, 3.8) is 0 Å². The maximum atomic E-state index is 10.8. The lowest BCUT2D eigenvalue weighted by atomic mass is 10.3. The molecule has 0 bridgehead atoms. The number of ether oxygens (including phenoxy) is 1. The molecule has 0 fully saturated rings. The average Bonchev–Trinajstić information content (AvgIpc) is 2.69. The monoisotopic (exact) mass is 279 g/mol. The number of carbonyl (C=O) groups is 1. The van der Waals surface area contributed by atoms with Gasteiger partial charge in [0.25, 0.3) is 0 Å². The molecule has 1 aromatic heterocycles. The van der Waals surface area contributed by atoms with Gasteiger partial charge in [-0.1, -0.05) is 19.9 Å². The highest BCUT2D eigenvalue weighted by molar-refractivity contribution is 5.94. The molecule has 1 aromatic rings. The average molecular weight is 279 g/mol. The second-order valence-electron chi connectivity index (χ2n) is 4.55. The molecule has 0 radical (unpaired) electrons. The molecule has 0 aliphatic carbocycles. The minimum absolute atomic E-state index is 0.131. The van der Waals surface area contributed by atoms with Gasteiger partial charge in [-0.05, 0) is 20.3 Å². The summed E-state index contributed by atoms with van der Waals surface area (Å²) >= 11 is 0. The van der Waals surface area contributed by atoms with Gasteiger partial charge in [-0.15, -0.1) is 0 Å². The number of aliphatic carboxylic acids is 1. The number of hydrogen-bond donors (Lipinski definition) is 1. The molecule has 0 amide bonds. The van der Waals surface area contributed by atoms with Gasteiger partial charge in [0.1, 0.15) is 12.2 Å². The number of unbranched alkanes of at least 4 members (excludes halogenated alkanes) is 1. The third kappa shape index (κ3) is 4.53. The molecule has 6 nitrogen and oxygen atoms in total. The third-order valence-electron chi connectivity index (χ3n) is 2.64. The van der Waals surface area contributed by atoms with E-state index < -0.39 is 5.97 Å².